The van der Waals surface area contributed by atoms with Crippen LogP contribution >= 0.6 is 22.9 Å². The first-order valence-corrected chi connectivity index (χ1v) is 7.50. The molecule has 0 aliphatic heterocycles. The van der Waals surface area contributed by atoms with E-state index in [-0.39, 0.29) is 17.7 Å². The van der Waals surface area contributed by atoms with Gasteiger partial charge in [0.15, 0.2) is 0 Å². The molecule has 0 saturated heterocycles. The minimum atomic E-state index is -0.581. The Labute approximate surface area is 122 Å². The lowest BCUT2D eigenvalue weighted by atomic mass is 9.95. The van der Waals surface area contributed by atoms with E-state index in [1.165, 1.54) is 0 Å². The van der Waals surface area contributed by atoms with Crippen LogP contribution in [0.5, 0.6) is 0 Å². The fraction of sp³-hybridized carbons (Fsp3) is 0.538. The zero-order valence-electron chi connectivity index (χ0n) is 11.2. The fourth-order valence-corrected chi connectivity index (χ4v) is 2.14. The number of alkyl halides is 1. The summed E-state index contributed by atoms with van der Waals surface area (Å²) in [5.74, 6) is 0.132. The summed E-state index contributed by atoms with van der Waals surface area (Å²) in [5, 5.41) is 7.46. The third-order valence-electron chi connectivity index (χ3n) is 2.60. The zero-order chi connectivity index (χ0) is 14.3. The molecule has 2 amide bonds. The molecule has 1 aromatic heterocycles. The van der Waals surface area contributed by atoms with Gasteiger partial charge in [-0.05, 0) is 25.3 Å². The molecular formula is C13H19ClN2O2S. The lowest BCUT2D eigenvalue weighted by Crippen LogP contribution is -2.42. The number of hydrogen-bond acceptors (Lipinski definition) is 3. The summed E-state index contributed by atoms with van der Waals surface area (Å²) in [6, 6.07) is 3.84. The van der Waals surface area contributed by atoms with Gasteiger partial charge in [-0.1, -0.05) is 6.07 Å². The van der Waals surface area contributed by atoms with Gasteiger partial charge < -0.3 is 10.6 Å². The first-order chi connectivity index (χ1) is 8.95. The number of halogens is 1. The molecule has 0 aromatic carbocycles. The summed E-state index contributed by atoms with van der Waals surface area (Å²) in [6.07, 6.45) is 0.388. The predicted molar refractivity (Wildman–Crippen MR) is 78.5 cm³/mol. The first-order valence-electron chi connectivity index (χ1n) is 6.09. The maximum Gasteiger partial charge on any atom is 0.226 e. The number of carbonyl (C=O) groups is 2. The summed E-state index contributed by atoms with van der Waals surface area (Å²) in [7, 11) is 0. The highest BCUT2D eigenvalue weighted by molar-refractivity contribution is 7.10. The van der Waals surface area contributed by atoms with E-state index in [9.17, 15) is 9.59 Å². The predicted octanol–water partition coefficient (Wildman–Crippen LogP) is 1.79. The zero-order valence-corrected chi connectivity index (χ0v) is 12.7. The van der Waals surface area contributed by atoms with E-state index in [4.69, 9.17) is 11.6 Å². The van der Waals surface area contributed by atoms with Gasteiger partial charge in [0, 0.05) is 23.8 Å². The molecule has 0 fully saturated rings. The molecule has 0 radical (unpaired) electrons. The van der Waals surface area contributed by atoms with Gasteiger partial charge in [-0.25, -0.2) is 0 Å². The monoisotopic (exact) mass is 302 g/mol. The van der Waals surface area contributed by atoms with Crippen LogP contribution in [-0.2, 0) is 16.0 Å². The third kappa shape index (κ3) is 5.61. The van der Waals surface area contributed by atoms with E-state index in [0.29, 0.717) is 19.5 Å². The van der Waals surface area contributed by atoms with Crippen LogP contribution < -0.4 is 10.6 Å². The SMILES string of the molecule is CC(C)(CCl)C(=O)NCCNC(=O)Cc1cccs1. The Balaban J connectivity index is 2.17. The molecule has 0 spiro atoms. The van der Waals surface area contributed by atoms with E-state index in [2.05, 4.69) is 10.6 Å². The van der Waals surface area contributed by atoms with Crippen molar-refractivity contribution in [3.05, 3.63) is 22.4 Å². The van der Waals surface area contributed by atoms with Gasteiger partial charge >= 0.3 is 0 Å². The van der Waals surface area contributed by atoms with Crippen molar-refractivity contribution in [2.75, 3.05) is 19.0 Å². The van der Waals surface area contributed by atoms with Crippen molar-refractivity contribution in [2.45, 2.75) is 20.3 Å². The Bertz CT molecular complexity index is 418. The fourth-order valence-electron chi connectivity index (χ4n) is 1.31. The van der Waals surface area contributed by atoms with Gasteiger partial charge in [0.2, 0.25) is 11.8 Å². The lowest BCUT2D eigenvalue weighted by Gasteiger charge is -2.20. The van der Waals surface area contributed by atoms with Gasteiger partial charge in [-0.3, -0.25) is 9.59 Å². The number of nitrogens with one attached hydrogen (secondary N) is 2. The Morgan fingerprint density at radius 1 is 1.32 bits per heavy atom. The number of thiophene rings is 1. The van der Waals surface area contributed by atoms with Crippen LogP contribution in [0.2, 0.25) is 0 Å². The number of amides is 2. The van der Waals surface area contributed by atoms with E-state index in [0.717, 1.165) is 4.88 Å². The quantitative estimate of drug-likeness (QED) is 0.596. The van der Waals surface area contributed by atoms with Crippen molar-refractivity contribution in [3.63, 3.8) is 0 Å². The van der Waals surface area contributed by atoms with Gasteiger partial charge in [-0.2, -0.15) is 0 Å². The van der Waals surface area contributed by atoms with Crippen molar-refractivity contribution in [1.29, 1.82) is 0 Å². The summed E-state index contributed by atoms with van der Waals surface area (Å²) in [4.78, 5) is 24.3. The summed E-state index contributed by atoms with van der Waals surface area (Å²) >= 11 is 7.26. The first kappa shape index (κ1) is 16.0. The van der Waals surface area contributed by atoms with Crippen molar-refractivity contribution in [2.24, 2.45) is 5.41 Å². The second-order valence-electron chi connectivity index (χ2n) is 4.88. The Morgan fingerprint density at radius 3 is 2.58 bits per heavy atom. The minimum Gasteiger partial charge on any atom is -0.354 e. The van der Waals surface area contributed by atoms with Crippen LogP contribution in [0.4, 0.5) is 0 Å². The van der Waals surface area contributed by atoms with Crippen LogP contribution in [0.3, 0.4) is 0 Å². The van der Waals surface area contributed by atoms with Gasteiger partial charge in [-0.15, -0.1) is 22.9 Å². The molecule has 106 valence electrons. The Hall–Kier alpha value is -1.07. The highest BCUT2D eigenvalue weighted by Gasteiger charge is 2.25. The average molecular weight is 303 g/mol. The number of hydrogen-bond donors (Lipinski definition) is 2. The molecule has 0 atom stereocenters. The topological polar surface area (TPSA) is 58.2 Å². The van der Waals surface area contributed by atoms with E-state index in [1.54, 1.807) is 25.2 Å². The summed E-state index contributed by atoms with van der Waals surface area (Å²) in [6.45, 7) is 4.40. The number of carbonyl (C=O) groups excluding carboxylic acids is 2. The smallest absolute Gasteiger partial charge is 0.226 e. The maximum absolute atomic E-state index is 11.7. The van der Waals surface area contributed by atoms with Crippen molar-refractivity contribution in [1.82, 2.24) is 10.6 Å². The van der Waals surface area contributed by atoms with Crippen LogP contribution in [-0.4, -0.2) is 30.8 Å². The maximum atomic E-state index is 11.7. The van der Waals surface area contributed by atoms with Gasteiger partial charge in [0.05, 0.1) is 11.8 Å². The van der Waals surface area contributed by atoms with Crippen molar-refractivity contribution in [3.8, 4) is 0 Å². The molecule has 0 saturated carbocycles. The molecule has 0 unspecified atom stereocenters. The third-order valence-corrected chi connectivity index (χ3v) is 4.14. The molecule has 6 heteroatoms. The average Bonchev–Trinajstić information content (AvgIpc) is 2.87. The largest absolute Gasteiger partial charge is 0.354 e. The standard InChI is InChI=1S/C13H19ClN2O2S/c1-13(2,9-14)12(18)16-6-5-15-11(17)8-10-4-3-7-19-10/h3-4,7H,5-6,8-9H2,1-2H3,(H,15,17)(H,16,18). The molecule has 19 heavy (non-hydrogen) atoms. The molecule has 1 rings (SSSR count). The molecule has 0 bridgehead atoms. The van der Waals surface area contributed by atoms with Crippen molar-refractivity contribution < 1.29 is 9.59 Å². The van der Waals surface area contributed by atoms with Crippen LogP contribution in [0.15, 0.2) is 17.5 Å². The van der Waals surface area contributed by atoms with Crippen LogP contribution in [0, 0.1) is 5.41 Å². The van der Waals surface area contributed by atoms with Gasteiger partial charge in [0.25, 0.3) is 0 Å². The second kappa shape index (κ2) is 7.50. The van der Waals surface area contributed by atoms with Crippen molar-refractivity contribution >= 4 is 34.8 Å². The highest BCUT2D eigenvalue weighted by atomic mass is 35.5. The minimum absolute atomic E-state index is 0.0340. The normalized spacial score (nSPS) is 11.1. The van der Waals surface area contributed by atoms with Crippen LogP contribution in [0.1, 0.15) is 18.7 Å². The molecular weight excluding hydrogens is 284 g/mol. The van der Waals surface area contributed by atoms with E-state index >= 15 is 0 Å². The summed E-state index contributed by atoms with van der Waals surface area (Å²) in [5.41, 5.74) is -0.581. The molecule has 1 aromatic rings. The highest BCUT2D eigenvalue weighted by Crippen LogP contribution is 2.16. The Kier molecular flexibility index (Phi) is 6.31. The summed E-state index contributed by atoms with van der Waals surface area (Å²) < 4.78 is 0. The molecule has 0 aliphatic carbocycles. The second-order valence-corrected chi connectivity index (χ2v) is 6.18. The molecule has 1 heterocycles. The van der Waals surface area contributed by atoms with E-state index < -0.39 is 5.41 Å². The molecule has 4 nitrogen and oxygen atoms in total. The molecule has 0 aliphatic rings. The van der Waals surface area contributed by atoms with Gasteiger partial charge in [0.1, 0.15) is 0 Å². The number of rotatable bonds is 7. The molecule has 2 N–H and O–H groups in total. The Morgan fingerprint density at radius 2 is 2.00 bits per heavy atom. The van der Waals surface area contributed by atoms with E-state index in [1.807, 2.05) is 17.5 Å². The van der Waals surface area contributed by atoms with Crippen LogP contribution in [0.25, 0.3) is 0 Å². The lowest BCUT2D eigenvalue weighted by molar-refractivity contribution is -0.128.